The number of nitro groups is 1. The Kier molecular flexibility index (Phi) is 9.97. The van der Waals surface area contributed by atoms with E-state index in [4.69, 9.17) is 4.74 Å². The second kappa shape index (κ2) is 13.2. The number of benzene rings is 2. The lowest BCUT2D eigenvalue weighted by atomic mass is 9.86. The molecule has 2 atom stereocenters. The topological polar surface area (TPSA) is 149 Å². The molecule has 0 saturated heterocycles. The number of rotatable bonds is 13. The molecule has 0 aliphatic carbocycles. The Morgan fingerprint density at radius 3 is 2.50 bits per heavy atom. The van der Waals surface area contributed by atoms with Gasteiger partial charge >= 0.3 is 13.0 Å². The Hall–Kier alpha value is -3.77. The number of carbonyl (C=O) groups is 2. The Balaban J connectivity index is 1.90. The number of hydrogen-bond acceptors (Lipinski definition) is 8. The SMILES string of the molecule is CCOC(=O)[C@H](CC(C)C)NC(=O)[C@H](CCc1nc2cc([N+](=O)[O-])ccc2n1-c1ccccc1)NB(C)O. The van der Waals surface area contributed by atoms with E-state index >= 15 is 0 Å². The summed E-state index contributed by atoms with van der Waals surface area (Å²) in [6, 6.07) is 12.3. The molecule has 3 aromatic rings. The van der Waals surface area contributed by atoms with Crippen LogP contribution in [0.2, 0.25) is 6.82 Å². The summed E-state index contributed by atoms with van der Waals surface area (Å²) in [4.78, 5) is 41.2. The van der Waals surface area contributed by atoms with Gasteiger partial charge in [-0.1, -0.05) is 32.0 Å². The number of nitrogens with one attached hydrogen (secondary N) is 2. The van der Waals surface area contributed by atoms with Crippen LogP contribution >= 0.6 is 0 Å². The van der Waals surface area contributed by atoms with E-state index in [0.717, 1.165) is 5.69 Å². The standard InChI is InChI=1S/C26H34BN5O6/c1-5-38-26(34)22(15-17(2)3)29-25(33)20(30-27(4)35)12-14-24-28-21-16-19(32(36)37)11-13-23(21)31(24)18-9-7-6-8-10-18/h6-11,13,16-17,20,22,30,35H,5,12,14-15H2,1-4H3,(H,29,33)/t20-,22-/m0/s1. The van der Waals surface area contributed by atoms with Gasteiger partial charge in [-0.25, -0.2) is 9.78 Å². The van der Waals surface area contributed by atoms with Crippen LogP contribution in [0.15, 0.2) is 48.5 Å². The molecule has 0 aliphatic heterocycles. The molecular formula is C26H34BN5O6. The molecule has 11 nitrogen and oxygen atoms in total. The van der Waals surface area contributed by atoms with Crippen LogP contribution in [-0.4, -0.2) is 57.1 Å². The van der Waals surface area contributed by atoms with Crippen LogP contribution in [0.4, 0.5) is 5.69 Å². The molecule has 1 aromatic heterocycles. The lowest BCUT2D eigenvalue weighted by molar-refractivity contribution is -0.384. The molecule has 0 unspecified atom stereocenters. The summed E-state index contributed by atoms with van der Waals surface area (Å²) >= 11 is 0. The first-order valence-corrected chi connectivity index (χ1v) is 12.7. The molecule has 1 amide bonds. The number of imidazole rings is 1. The number of fused-ring (bicyclic) bond motifs is 1. The van der Waals surface area contributed by atoms with Gasteiger partial charge in [-0.15, -0.1) is 0 Å². The van der Waals surface area contributed by atoms with Crippen molar-refractivity contribution in [3.63, 3.8) is 0 Å². The zero-order chi connectivity index (χ0) is 27.8. The summed E-state index contributed by atoms with van der Waals surface area (Å²) in [5.41, 5.74) is 1.91. The van der Waals surface area contributed by atoms with Crippen molar-refractivity contribution in [2.75, 3.05) is 6.61 Å². The number of esters is 1. The summed E-state index contributed by atoms with van der Waals surface area (Å²) in [7, 11) is -0.979. The fourth-order valence-electron chi connectivity index (χ4n) is 4.32. The first kappa shape index (κ1) is 28.8. The van der Waals surface area contributed by atoms with E-state index in [9.17, 15) is 24.7 Å². The van der Waals surface area contributed by atoms with E-state index in [2.05, 4.69) is 15.5 Å². The summed E-state index contributed by atoms with van der Waals surface area (Å²) < 4.78 is 7.04. The maximum Gasteiger partial charge on any atom is 0.374 e. The third-order valence-electron chi connectivity index (χ3n) is 5.94. The number of carbonyl (C=O) groups excluding carboxylic acids is 2. The second-order valence-corrected chi connectivity index (χ2v) is 9.51. The number of aromatic nitrogens is 2. The molecule has 0 aliphatic rings. The van der Waals surface area contributed by atoms with Gasteiger partial charge in [0.05, 0.1) is 28.6 Å². The number of amides is 1. The number of non-ortho nitro benzene ring substituents is 1. The quantitative estimate of drug-likeness (QED) is 0.134. The van der Waals surface area contributed by atoms with E-state index < -0.39 is 35.9 Å². The fourth-order valence-corrected chi connectivity index (χ4v) is 4.32. The molecular weight excluding hydrogens is 489 g/mol. The molecule has 3 rings (SSSR count). The van der Waals surface area contributed by atoms with Crippen molar-refractivity contribution in [2.24, 2.45) is 5.92 Å². The van der Waals surface area contributed by atoms with Gasteiger partial charge in [-0.05, 0) is 50.7 Å². The van der Waals surface area contributed by atoms with Crippen LogP contribution in [0, 0.1) is 16.0 Å². The molecule has 202 valence electrons. The zero-order valence-electron chi connectivity index (χ0n) is 22.1. The monoisotopic (exact) mass is 523 g/mol. The minimum absolute atomic E-state index is 0.0649. The molecule has 0 saturated carbocycles. The van der Waals surface area contributed by atoms with E-state index in [0.29, 0.717) is 29.7 Å². The normalized spacial score (nSPS) is 12.8. The number of nitro benzene ring substituents is 1. The number of aryl methyl sites for hydroxylation is 1. The van der Waals surface area contributed by atoms with E-state index in [1.807, 2.05) is 48.7 Å². The Morgan fingerprint density at radius 1 is 1.18 bits per heavy atom. The highest BCUT2D eigenvalue weighted by Gasteiger charge is 2.29. The minimum Gasteiger partial charge on any atom is -0.464 e. The predicted molar refractivity (Wildman–Crippen MR) is 145 cm³/mol. The van der Waals surface area contributed by atoms with Gasteiger partial charge in [-0.2, -0.15) is 0 Å². The largest absolute Gasteiger partial charge is 0.464 e. The molecule has 0 radical (unpaired) electrons. The van der Waals surface area contributed by atoms with Crippen molar-refractivity contribution in [3.8, 4) is 5.69 Å². The lowest BCUT2D eigenvalue weighted by Crippen LogP contribution is -2.54. The first-order chi connectivity index (χ1) is 18.1. The van der Waals surface area contributed by atoms with Gasteiger partial charge in [0.1, 0.15) is 11.9 Å². The van der Waals surface area contributed by atoms with E-state index in [1.165, 1.54) is 19.0 Å². The minimum atomic E-state index is -0.979. The zero-order valence-corrected chi connectivity index (χ0v) is 22.1. The molecule has 12 heteroatoms. The Labute approximate surface area is 221 Å². The Bertz CT molecular complexity index is 1260. The summed E-state index contributed by atoms with van der Waals surface area (Å²) in [6.45, 7) is 7.31. The van der Waals surface area contributed by atoms with Crippen LogP contribution < -0.4 is 10.5 Å². The predicted octanol–water partition coefficient (Wildman–Crippen LogP) is 3.03. The summed E-state index contributed by atoms with van der Waals surface area (Å²) in [5.74, 6) is -0.204. The number of para-hydroxylation sites is 1. The third-order valence-corrected chi connectivity index (χ3v) is 5.94. The molecule has 1 heterocycles. The maximum atomic E-state index is 13.3. The number of nitrogens with zero attached hydrogens (tertiary/aromatic N) is 3. The van der Waals surface area contributed by atoms with Gasteiger partial charge in [0, 0.05) is 24.2 Å². The third kappa shape index (κ3) is 7.39. The molecule has 2 aromatic carbocycles. The maximum absolute atomic E-state index is 13.3. The van der Waals surface area contributed by atoms with Crippen LogP contribution in [0.3, 0.4) is 0 Å². The average Bonchev–Trinajstić information content (AvgIpc) is 3.23. The van der Waals surface area contributed by atoms with Gasteiger partial charge in [0.15, 0.2) is 0 Å². The first-order valence-electron chi connectivity index (χ1n) is 12.7. The smallest absolute Gasteiger partial charge is 0.374 e. The van der Waals surface area contributed by atoms with Crippen LogP contribution in [-0.2, 0) is 20.7 Å². The highest BCUT2D eigenvalue weighted by molar-refractivity contribution is 6.46. The van der Waals surface area contributed by atoms with Crippen LogP contribution in [0.25, 0.3) is 16.7 Å². The summed E-state index contributed by atoms with van der Waals surface area (Å²) in [5, 5.41) is 26.9. The lowest BCUT2D eigenvalue weighted by Gasteiger charge is -2.24. The van der Waals surface area contributed by atoms with Crippen LogP contribution in [0.5, 0.6) is 0 Å². The number of hydrogen-bond donors (Lipinski definition) is 3. The van der Waals surface area contributed by atoms with Gasteiger partial charge in [0.2, 0.25) is 5.91 Å². The van der Waals surface area contributed by atoms with Gasteiger partial charge < -0.3 is 20.3 Å². The highest BCUT2D eigenvalue weighted by atomic mass is 16.6. The van der Waals surface area contributed by atoms with Gasteiger partial charge in [-0.3, -0.25) is 19.5 Å². The summed E-state index contributed by atoms with van der Waals surface area (Å²) in [6.07, 6.45) is 0.962. The Morgan fingerprint density at radius 2 is 1.89 bits per heavy atom. The molecule has 0 bridgehead atoms. The molecule has 0 spiro atoms. The highest BCUT2D eigenvalue weighted by Crippen LogP contribution is 2.26. The fraction of sp³-hybridized carbons (Fsp3) is 0.423. The van der Waals surface area contributed by atoms with Crippen molar-refractivity contribution in [2.45, 2.75) is 58.9 Å². The van der Waals surface area contributed by atoms with Crippen molar-refractivity contribution in [1.29, 1.82) is 0 Å². The van der Waals surface area contributed by atoms with Crippen molar-refractivity contribution in [3.05, 3.63) is 64.5 Å². The molecule has 3 N–H and O–H groups in total. The average molecular weight is 523 g/mol. The number of ether oxygens (including phenoxy) is 1. The van der Waals surface area contributed by atoms with Crippen molar-refractivity contribution >= 4 is 35.6 Å². The van der Waals surface area contributed by atoms with Crippen molar-refractivity contribution < 1.29 is 24.3 Å². The molecule has 0 fully saturated rings. The van der Waals surface area contributed by atoms with E-state index in [1.54, 1.807) is 13.0 Å². The van der Waals surface area contributed by atoms with Crippen LogP contribution in [0.1, 0.15) is 39.4 Å². The van der Waals surface area contributed by atoms with Gasteiger partial charge in [0.25, 0.3) is 5.69 Å². The molecule has 38 heavy (non-hydrogen) atoms. The second-order valence-electron chi connectivity index (χ2n) is 9.51. The van der Waals surface area contributed by atoms with Crippen molar-refractivity contribution in [1.82, 2.24) is 20.1 Å². The van der Waals surface area contributed by atoms with E-state index in [-0.39, 0.29) is 24.6 Å².